The third-order valence-corrected chi connectivity index (χ3v) is 3.80. The van der Waals surface area contributed by atoms with Gasteiger partial charge in [-0.25, -0.2) is 0 Å². The molecule has 0 unspecified atom stereocenters. The maximum Gasteiger partial charge on any atom is 0.192 e. The van der Waals surface area contributed by atoms with Gasteiger partial charge in [-0.15, -0.1) is 0 Å². The molecule has 1 aliphatic carbocycles. The van der Waals surface area contributed by atoms with Crippen molar-refractivity contribution in [2.24, 2.45) is 5.16 Å². The Morgan fingerprint density at radius 3 is 2.93 bits per heavy atom. The van der Waals surface area contributed by atoms with Gasteiger partial charge in [-0.3, -0.25) is 0 Å². The molecule has 1 heterocycles. The highest BCUT2D eigenvalue weighted by molar-refractivity contribution is 9.12. The van der Waals surface area contributed by atoms with Crippen LogP contribution in [0, 0.1) is 0 Å². The Labute approximate surface area is 104 Å². The van der Waals surface area contributed by atoms with Crippen molar-refractivity contribution >= 4 is 38.1 Å². The highest BCUT2D eigenvalue weighted by Crippen LogP contribution is 2.42. The molecule has 1 aliphatic heterocycles. The fourth-order valence-corrected chi connectivity index (χ4v) is 3.40. The average molecular weight is 339 g/mol. The van der Waals surface area contributed by atoms with Crippen molar-refractivity contribution in [2.45, 2.75) is 18.1 Å². The number of halogens is 2. The van der Waals surface area contributed by atoms with Crippen molar-refractivity contribution in [1.29, 1.82) is 0 Å². The fourth-order valence-electron chi connectivity index (χ4n) is 1.61. The van der Waals surface area contributed by atoms with Gasteiger partial charge in [0.25, 0.3) is 0 Å². The molecule has 0 amide bonds. The van der Waals surface area contributed by atoms with Gasteiger partial charge >= 0.3 is 0 Å². The van der Waals surface area contributed by atoms with Crippen LogP contribution in [-0.2, 0) is 9.57 Å². The Balaban J connectivity index is 2.40. The second-order valence-electron chi connectivity index (χ2n) is 3.31. The zero-order valence-electron chi connectivity index (χ0n) is 7.91. The number of hydrogen-bond acceptors (Lipinski definition) is 4. The van der Waals surface area contributed by atoms with E-state index in [-0.39, 0.29) is 0 Å². The molecule has 0 aromatic heterocycles. The van der Waals surface area contributed by atoms with Gasteiger partial charge < -0.3 is 14.7 Å². The van der Waals surface area contributed by atoms with Crippen molar-refractivity contribution in [3.05, 3.63) is 20.8 Å². The molecule has 1 spiro atoms. The average Bonchev–Trinajstić information content (AvgIpc) is 2.65. The second-order valence-corrected chi connectivity index (χ2v) is 5.02. The summed E-state index contributed by atoms with van der Waals surface area (Å²) < 4.78 is 6.45. The van der Waals surface area contributed by atoms with E-state index in [2.05, 4.69) is 37.0 Å². The van der Waals surface area contributed by atoms with Crippen LogP contribution < -0.4 is 0 Å². The Morgan fingerprint density at radius 2 is 2.40 bits per heavy atom. The number of hydrogen-bond donors (Lipinski definition) is 1. The Kier molecular flexibility index (Phi) is 2.92. The first-order chi connectivity index (χ1) is 7.10. The Hall–Kier alpha value is -0.330. The normalized spacial score (nSPS) is 34.4. The molecule has 15 heavy (non-hydrogen) atoms. The summed E-state index contributed by atoms with van der Waals surface area (Å²) in [6.45, 7) is 0. The fraction of sp³-hybridized carbons (Fsp3) is 0.444. The minimum atomic E-state index is -0.809. The van der Waals surface area contributed by atoms with E-state index in [1.807, 2.05) is 0 Å². The number of rotatable bonds is 1. The second kappa shape index (κ2) is 3.92. The minimum Gasteiger partial charge on any atom is -0.495 e. The molecule has 6 heteroatoms. The molecule has 2 rings (SSSR count). The first-order valence-electron chi connectivity index (χ1n) is 4.31. The molecule has 1 N–H and O–H groups in total. The molecule has 2 atom stereocenters. The van der Waals surface area contributed by atoms with Crippen LogP contribution in [0.15, 0.2) is 26.0 Å². The third kappa shape index (κ3) is 1.64. The maximum absolute atomic E-state index is 10.1. The summed E-state index contributed by atoms with van der Waals surface area (Å²) in [6, 6.07) is 0. The first-order valence-corrected chi connectivity index (χ1v) is 5.90. The van der Waals surface area contributed by atoms with Crippen LogP contribution in [-0.4, -0.2) is 30.1 Å². The maximum atomic E-state index is 10.1. The quantitative estimate of drug-likeness (QED) is 0.796. The van der Waals surface area contributed by atoms with Crippen LogP contribution in [0.25, 0.3) is 0 Å². The number of methoxy groups -OCH3 is 1. The number of aliphatic hydroxyl groups excluding tert-OH is 1. The first kappa shape index (κ1) is 11.2. The molecule has 0 aromatic carbocycles. The van der Waals surface area contributed by atoms with E-state index < -0.39 is 11.7 Å². The number of nitrogens with zero attached hydrogens (tertiary/aromatic N) is 1. The standard InChI is InChI=1S/C9H9Br2NO3/c1-14-7-5(10)4-9(2-3-12-15-9)8(13)6(7)11/h3-4,8,13H,2H2,1H3/t8-,9-/m0/s1. The van der Waals surface area contributed by atoms with Gasteiger partial charge in [0, 0.05) is 12.6 Å². The lowest BCUT2D eigenvalue weighted by atomic mass is 9.89. The third-order valence-electron chi connectivity index (χ3n) is 2.42. The lowest BCUT2D eigenvalue weighted by molar-refractivity contribution is -0.0570. The van der Waals surface area contributed by atoms with Gasteiger partial charge in [0.1, 0.15) is 11.9 Å². The van der Waals surface area contributed by atoms with E-state index in [4.69, 9.17) is 9.57 Å². The van der Waals surface area contributed by atoms with Crippen LogP contribution in [0.3, 0.4) is 0 Å². The highest BCUT2D eigenvalue weighted by atomic mass is 79.9. The summed E-state index contributed by atoms with van der Waals surface area (Å²) in [5, 5.41) is 13.8. The van der Waals surface area contributed by atoms with Gasteiger partial charge in [-0.2, -0.15) is 0 Å². The molecule has 0 radical (unpaired) electrons. The zero-order chi connectivity index (χ0) is 11.1. The van der Waals surface area contributed by atoms with Crippen molar-refractivity contribution in [3.8, 4) is 0 Å². The molecule has 2 aliphatic rings. The summed E-state index contributed by atoms with van der Waals surface area (Å²) in [6.07, 6.45) is 3.14. The van der Waals surface area contributed by atoms with E-state index in [1.54, 1.807) is 19.4 Å². The van der Waals surface area contributed by atoms with Gasteiger partial charge in [-0.05, 0) is 37.9 Å². The lowest BCUT2D eigenvalue weighted by Gasteiger charge is -2.33. The predicted molar refractivity (Wildman–Crippen MR) is 62.9 cm³/mol. The molecule has 82 valence electrons. The van der Waals surface area contributed by atoms with Crippen molar-refractivity contribution in [3.63, 3.8) is 0 Å². The Morgan fingerprint density at radius 1 is 1.67 bits per heavy atom. The summed E-state index contributed by atoms with van der Waals surface area (Å²) >= 11 is 6.67. The van der Waals surface area contributed by atoms with E-state index in [1.165, 1.54) is 0 Å². The number of ether oxygens (including phenoxy) is 1. The van der Waals surface area contributed by atoms with Crippen molar-refractivity contribution in [1.82, 2.24) is 0 Å². The molecule has 0 fully saturated rings. The van der Waals surface area contributed by atoms with Gasteiger partial charge in [0.2, 0.25) is 0 Å². The highest BCUT2D eigenvalue weighted by Gasteiger charge is 2.47. The van der Waals surface area contributed by atoms with Crippen LogP contribution >= 0.6 is 31.9 Å². The van der Waals surface area contributed by atoms with Crippen molar-refractivity contribution in [2.75, 3.05) is 7.11 Å². The SMILES string of the molecule is COC1=C(Br)[C@H](O)[C@@]2(C=C1Br)CC=NO2. The van der Waals surface area contributed by atoms with E-state index in [9.17, 15) is 5.11 Å². The minimum absolute atomic E-state index is 0.537. The molecule has 0 saturated carbocycles. The topological polar surface area (TPSA) is 51.0 Å². The molecular formula is C9H9Br2NO3. The molecule has 0 bridgehead atoms. The smallest absolute Gasteiger partial charge is 0.192 e. The predicted octanol–water partition coefficient (Wildman–Crippen LogP) is 2.04. The summed E-state index contributed by atoms with van der Waals surface area (Å²) in [5.74, 6) is 0.573. The van der Waals surface area contributed by atoms with Crippen LogP contribution in [0.1, 0.15) is 6.42 Å². The van der Waals surface area contributed by atoms with E-state index in [0.717, 1.165) is 4.48 Å². The zero-order valence-corrected chi connectivity index (χ0v) is 11.1. The van der Waals surface area contributed by atoms with E-state index >= 15 is 0 Å². The molecule has 0 saturated heterocycles. The summed E-state index contributed by atoms with van der Waals surface area (Å²) in [5.41, 5.74) is -0.806. The summed E-state index contributed by atoms with van der Waals surface area (Å²) in [4.78, 5) is 5.22. The molecule has 4 nitrogen and oxygen atoms in total. The summed E-state index contributed by atoms with van der Waals surface area (Å²) in [7, 11) is 1.54. The van der Waals surface area contributed by atoms with Crippen LogP contribution in [0.2, 0.25) is 0 Å². The number of aliphatic hydroxyl groups is 1. The molecular weight excluding hydrogens is 330 g/mol. The molecule has 0 aromatic rings. The number of allylic oxidation sites excluding steroid dienone is 1. The number of oxime groups is 1. The van der Waals surface area contributed by atoms with E-state index in [0.29, 0.717) is 16.7 Å². The van der Waals surface area contributed by atoms with Gasteiger partial charge in [0.15, 0.2) is 5.60 Å². The monoisotopic (exact) mass is 337 g/mol. The largest absolute Gasteiger partial charge is 0.495 e. The van der Waals surface area contributed by atoms with Gasteiger partial charge in [-0.1, -0.05) is 5.16 Å². The van der Waals surface area contributed by atoms with Crippen molar-refractivity contribution < 1.29 is 14.7 Å². The van der Waals surface area contributed by atoms with Crippen LogP contribution in [0.4, 0.5) is 0 Å². The lowest BCUT2D eigenvalue weighted by Crippen LogP contribution is -2.43. The van der Waals surface area contributed by atoms with Crippen LogP contribution in [0.5, 0.6) is 0 Å². The Bertz CT molecular complexity index is 368. The van der Waals surface area contributed by atoms with Gasteiger partial charge in [0.05, 0.1) is 16.1 Å².